The van der Waals surface area contributed by atoms with Crippen LogP contribution in [0.1, 0.15) is 13.3 Å². The quantitative estimate of drug-likeness (QED) is 0.843. The summed E-state index contributed by atoms with van der Waals surface area (Å²) in [5, 5.41) is 5.54. The molecule has 2 rings (SSSR count). The standard InChI is InChI=1S/C15H21FN2O3/c1-11(21-14-4-2-3-13(16)7-14)8-17-15(19)18-9-12-5-6-20-10-12/h2-4,7,11-12H,5-6,8-10H2,1H3,(H2,17,18,19)/t11-,12+/m1/s1. The Morgan fingerprint density at radius 1 is 1.52 bits per heavy atom. The fourth-order valence-electron chi connectivity index (χ4n) is 2.09. The van der Waals surface area contributed by atoms with Gasteiger partial charge in [-0.25, -0.2) is 9.18 Å². The van der Waals surface area contributed by atoms with Gasteiger partial charge in [0.25, 0.3) is 0 Å². The van der Waals surface area contributed by atoms with Gasteiger partial charge < -0.3 is 20.1 Å². The van der Waals surface area contributed by atoms with Crippen LogP contribution in [0.15, 0.2) is 24.3 Å². The average molecular weight is 296 g/mol. The highest BCUT2D eigenvalue weighted by atomic mass is 19.1. The Bertz CT molecular complexity index is 464. The lowest BCUT2D eigenvalue weighted by molar-refractivity contribution is 0.184. The van der Waals surface area contributed by atoms with Crippen molar-refractivity contribution in [2.75, 3.05) is 26.3 Å². The van der Waals surface area contributed by atoms with E-state index in [0.717, 1.165) is 13.0 Å². The number of halogens is 1. The summed E-state index contributed by atoms with van der Waals surface area (Å²) in [6, 6.07) is 5.71. The molecule has 0 radical (unpaired) electrons. The molecule has 6 heteroatoms. The van der Waals surface area contributed by atoms with Crippen molar-refractivity contribution in [2.45, 2.75) is 19.4 Å². The summed E-state index contributed by atoms with van der Waals surface area (Å²) in [6.45, 7) is 4.26. The first-order valence-electron chi connectivity index (χ1n) is 7.15. The van der Waals surface area contributed by atoms with E-state index in [1.54, 1.807) is 12.1 Å². The first-order chi connectivity index (χ1) is 10.1. The number of carbonyl (C=O) groups is 1. The molecule has 0 aromatic heterocycles. The Morgan fingerprint density at radius 3 is 3.10 bits per heavy atom. The lowest BCUT2D eigenvalue weighted by atomic mass is 10.1. The molecule has 1 saturated heterocycles. The van der Waals surface area contributed by atoms with Gasteiger partial charge in [0.1, 0.15) is 17.7 Å². The highest BCUT2D eigenvalue weighted by molar-refractivity contribution is 5.73. The maximum absolute atomic E-state index is 13.0. The van der Waals surface area contributed by atoms with Crippen LogP contribution < -0.4 is 15.4 Å². The minimum Gasteiger partial charge on any atom is -0.489 e. The summed E-state index contributed by atoms with van der Waals surface area (Å²) in [4.78, 5) is 11.6. The zero-order valence-corrected chi connectivity index (χ0v) is 12.1. The molecule has 0 saturated carbocycles. The average Bonchev–Trinajstić information content (AvgIpc) is 2.96. The summed E-state index contributed by atoms with van der Waals surface area (Å²) < 4.78 is 23.8. The third-order valence-corrected chi connectivity index (χ3v) is 3.26. The molecule has 1 aliphatic heterocycles. The fraction of sp³-hybridized carbons (Fsp3) is 0.533. The molecule has 0 aliphatic carbocycles. The Hall–Kier alpha value is -1.82. The van der Waals surface area contributed by atoms with Crippen LogP contribution in [0.4, 0.5) is 9.18 Å². The van der Waals surface area contributed by atoms with Gasteiger partial charge in [-0.2, -0.15) is 0 Å². The predicted octanol–water partition coefficient (Wildman–Crippen LogP) is 1.93. The fourth-order valence-corrected chi connectivity index (χ4v) is 2.09. The van der Waals surface area contributed by atoms with Gasteiger partial charge in [-0.1, -0.05) is 6.07 Å². The van der Waals surface area contributed by atoms with E-state index in [2.05, 4.69) is 10.6 Å². The topological polar surface area (TPSA) is 59.6 Å². The molecule has 0 bridgehead atoms. The van der Waals surface area contributed by atoms with Crippen LogP contribution in [0, 0.1) is 11.7 Å². The van der Waals surface area contributed by atoms with Gasteiger partial charge in [0.05, 0.1) is 13.2 Å². The van der Waals surface area contributed by atoms with Crippen molar-refractivity contribution in [1.29, 1.82) is 0 Å². The molecule has 5 nitrogen and oxygen atoms in total. The van der Waals surface area contributed by atoms with Crippen LogP contribution >= 0.6 is 0 Å². The summed E-state index contributed by atoms with van der Waals surface area (Å²) in [7, 11) is 0. The first-order valence-corrected chi connectivity index (χ1v) is 7.15. The lowest BCUT2D eigenvalue weighted by Gasteiger charge is -2.16. The molecule has 1 heterocycles. The molecular weight excluding hydrogens is 275 g/mol. The number of benzene rings is 1. The van der Waals surface area contributed by atoms with E-state index in [9.17, 15) is 9.18 Å². The third kappa shape index (κ3) is 5.59. The second-order valence-electron chi connectivity index (χ2n) is 5.21. The molecule has 0 unspecified atom stereocenters. The number of nitrogens with one attached hydrogen (secondary N) is 2. The molecule has 116 valence electrons. The summed E-state index contributed by atoms with van der Waals surface area (Å²) in [6.07, 6.45) is 0.742. The van der Waals surface area contributed by atoms with Crippen LogP contribution in [0.2, 0.25) is 0 Å². The maximum Gasteiger partial charge on any atom is 0.314 e. The van der Waals surface area contributed by atoms with Crippen molar-refractivity contribution in [2.24, 2.45) is 5.92 Å². The highest BCUT2D eigenvalue weighted by Crippen LogP contribution is 2.13. The molecule has 0 spiro atoms. The second-order valence-corrected chi connectivity index (χ2v) is 5.21. The number of amides is 2. The third-order valence-electron chi connectivity index (χ3n) is 3.26. The van der Waals surface area contributed by atoms with Crippen molar-refractivity contribution in [3.05, 3.63) is 30.1 Å². The summed E-state index contributed by atoms with van der Waals surface area (Å²) >= 11 is 0. The van der Waals surface area contributed by atoms with E-state index in [-0.39, 0.29) is 18.0 Å². The smallest absolute Gasteiger partial charge is 0.314 e. The van der Waals surface area contributed by atoms with E-state index < -0.39 is 0 Å². The largest absolute Gasteiger partial charge is 0.489 e. The van der Waals surface area contributed by atoms with Crippen molar-refractivity contribution >= 4 is 6.03 Å². The molecule has 1 aromatic rings. The van der Waals surface area contributed by atoms with E-state index >= 15 is 0 Å². The van der Waals surface area contributed by atoms with Gasteiger partial charge in [0, 0.05) is 25.1 Å². The van der Waals surface area contributed by atoms with Gasteiger partial charge in [-0.3, -0.25) is 0 Å². The first kappa shape index (κ1) is 15.6. The van der Waals surface area contributed by atoms with E-state index in [1.807, 2.05) is 6.92 Å². The van der Waals surface area contributed by atoms with E-state index in [0.29, 0.717) is 31.4 Å². The van der Waals surface area contributed by atoms with E-state index in [1.165, 1.54) is 12.1 Å². The molecule has 1 aliphatic rings. The number of hydrogen-bond acceptors (Lipinski definition) is 3. The van der Waals surface area contributed by atoms with Gasteiger partial charge in [0.15, 0.2) is 0 Å². The highest BCUT2D eigenvalue weighted by Gasteiger charge is 2.16. The van der Waals surface area contributed by atoms with Crippen molar-refractivity contribution in [3.63, 3.8) is 0 Å². The lowest BCUT2D eigenvalue weighted by Crippen LogP contribution is -2.42. The van der Waals surface area contributed by atoms with Gasteiger partial charge in [0.2, 0.25) is 0 Å². The molecule has 1 aromatic carbocycles. The summed E-state index contributed by atoms with van der Waals surface area (Å²) in [5.74, 6) is 0.508. The van der Waals surface area contributed by atoms with Crippen molar-refractivity contribution in [3.8, 4) is 5.75 Å². The normalized spacial score (nSPS) is 19.0. The number of carbonyl (C=O) groups excluding carboxylic acids is 1. The Balaban J connectivity index is 1.63. The number of rotatable bonds is 6. The molecule has 1 fully saturated rings. The SMILES string of the molecule is C[C@H](CNC(=O)NC[C@@H]1CCOC1)Oc1cccc(F)c1. The van der Waals surface area contributed by atoms with Crippen molar-refractivity contribution in [1.82, 2.24) is 10.6 Å². The van der Waals surface area contributed by atoms with Crippen LogP contribution in [-0.4, -0.2) is 38.4 Å². The Labute approximate surface area is 123 Å². The molecular formula is C15H21FN2O3. The number of urea groups is 1. The van der Waals surface area contributed by atoms with Gasteiger partial charge in [-0.15, -0.1) is 0 Å². The van der Waals surface area contributed by atoms with Crippen LogP contribution in [-0.2, 0) is 4.74 Å². The zero-order chi connectivity index (χ0) is 15.1. The van der Waals surface area contributed by atoms with Gasteiger partial charge >= 0.3 is 6.03 Å². The van der Waals surface area contributed by atoms with Crippen LogP contribution in [0.3, 0.4) is 0 Å². The minimum absolute atomic E-state index is 0.225. The monoisotopic (exact) mass is 296 g/mol. The van der Waals surface area contributed by atoms with Crippen LogP contribution in [0.5, 0.6) is 5.75 Å². The van der Waals surface area contributed by atoms with E-state index in [4.69, 9.17) is 9.47 Å². The maximum atomic E-state index is 13.0. The second kappa shape index (κ2) is 7.83. The Morgan fingerprint density at radius 2 is 2.38 bits per heavy atom. The van der Waals surface area contributed by atoms with Crippen molar-refractivity contribution < 1.29 is 18.7 Å². The molecule has 2 atom stereocenters. The Kier molecular flexibility index (Phi) is 5.80. The minimum atomic E-state index is -0.343. The van der Waals surface area contributed by atoms with Gasteiger partial charge in [-0.05, 0) is 25.5 Å². The van der Waals surface area contributed by atoms with Crippen LogP contribution in [0.25, 0.3) is 0 Å². The number of ether oxygens (including phenoxy) is 2. The predicted molar refractivity (Wildman–Crippen MR) is 76.8 cm³/mol. The number of hydrogen-bond donors (Lipinski definition) is 2. The molecule has 21 heavy (non-hydrogen) atoms. The molecule has 2 amide bonds. The zero-order valence-electron chi connectivity index (χ0n) is 12.1. The summed E-state index contributed by atoms with van der Waals surface area (Å²) in [5.41, 5.74) is 0. The molecule has 2 N–H and O–H groups in total.